The van der Waals surface area contributed by atoms with Crippen LogP contribution < -0.4 is 16.0 Å². The second kappa shape index (κ2) is 31.3. The van der Waals surface area contributed by atoms with E-state index in [1.807, 2.05) is 6.92 Å². The van der Waals surface area contributed by atoms with Crippen LogP contribution in [0.25, 0.3) is 0 Å². The number of anilines is 1. The Bertz CT molecular complexity index is 1560. The van der Waals surface area contributed by atoms with Gasteiger partial charge in [0, 0.05) is 44.0 Å². The van der Waals surface area contributed by atoms with Crippen LogP contribution in [0, 0.1) is 5.92 Å². The highest BCUT2D eigenvalue weighted by Gasteiger charge is 2.36. The zero-order valence-corrected chi connectivity index (χ0v) is 35.6. The fourth-order valence-corrected chi connectivity index (χ4v) is 5.85. The number of aromatic nitrogens is 3. The highest BCUT2D eigenvalue weighted by atomic mass is 16.6. The lowest BCUT2D eigenvalue weighted by atomic mass is 10.0. The molecule has 4 amide bonds. The van der Waals surface area contributed by atoms with Crippen LogP contribution in [0.15, 0.2) is 30.5 Å². The van der Waals surface area contributed by atoms with Crippen LogP contribution in [0.5, 0.6) is 0 Å². The van der Waals surface area contributed by atoms with Gasteiger partial charge < -0.3 is 59.1 Å². The molecule has 1 aromatic heterocycles. The van der Waals surface area contributed by atoms with Crippen molar-refractivity contribution in [3.63, 3.8) is 0 Å². The van der Waals surface area contributed by atoms with E-state index in [-0.39, 0.29) is 62.5 Å². The third-order valence-corrected chi connectivity index (χ3v) is 9.29. The molecular weight excluding hydrogens is 798 g/mol. The SMILES string of the molecule is CCC(=O)OCc1ccc(NC(=O)COCC(=O)NCCOCCOCCOCCOCCOCCn2cc(CNC(=O)CCCCCN3C(=O)CC(CC)C3O)nn2)cc1. The number of amides is 4. The van der Waals surface area contributed by atoms with E-state index >= 15 is 0 Å². The molecule has 2 aromatic rings. The van der Waals surface area contributed by atoms with Gasteiger partial charge in [-0.15, -0.1) is 5.10 Å². The number of nitrogens with one attached hydrogen (secondary N) is 3. The summed E-state index contributed by atoms with van der Waals surface area (Å²) in [5.74, 6) is -1.10. The minimum atomic E-state index is -0.689. The normalized spacial score (nSPS) is 14.9. The molecule has 4 N–H and O–H groups in total. The molecule has 20 nitrogen and oxygen atoms in total. The molecule has 0 bridgehead atoms. The Balaban J connectivity index is 1.01. The van der Waals surface area contributed by atoms with Crippen LogP contribution in [0.1, 0.15) is 70.1 Å². The molecule has 0 aliphatic carbocycles. The van der Waals surface area contributed by atoms with Gasteiger partial charge in [0.2, 0.25) is 23.6 Å². The molecule has 20 heteroatoms. The van der Waals surface area contributed by atoms with Crippen molar-refractivity contribution in [2.24, 2.45) is 5.92 Å². The molecule has 1 aromatic carbocycles. The van der Waals surface area contributed by atoms with Crippen LogP contribution in [-0.2, 0) is 76.8 Å². The minimum Gasteiger partial charge on any atom is -0.461 e. The summed E-state index contributed by atoms with van der Waals surface area (Å²) < 4.78 is 39.4. The number of rotatable bonds is 35. The first-order valence-corrected chi connectivity index (χ1v) is 21.1. The summed E-state index contributed by atoms with van der Waals surface area (Å²) in [6, 6.07) is 6.86. The van der Waals surface area contributed by atoms with E-state index in [9.17, 15) is 29.1 Å². The molecule has 2 unspecified atom stereocenters. The van der Waals surface area contributed by atoms with Crippen LogP contribution in [-0.4, -0.2) is 153 Å². The van der Waals surface area contributed by atoms with Crippen molar-refractivity contribution in [1.82, 2.24) is 30.5 Å². The topological polar surface area (TPSA) is 240 Å². The molecule has 2 atom stereocenters. The van der Waals surface area contributed by atoms with Gasteiger partial charge in [0.05, 0.1) is 85.4 Å². The quantitative estimate of drug-likeness (QED) is 0.0565. The van der Waals surface area contributed by atoms with Crippen molar-refractivity contribution >= 4 is 35.3 Å². The number of hydrogen-bond donors (Lipinski definition) is 4. The van der Waals surface area contributed by atoms with Crippen molar-refractivity contribution in [2.75, 3.05) is 97.7 Å². The molecule has 1 aliphatic heterocycles. The van der Waals surface area contributed by atoms with Crippen LogP contribution in [0.2, 0.25) is 0 Å². The van der Waals surface area contributed by atoms with E-state index in [1.165, 1.54) is 0 Å². The van der Waals surface area contributed by atoms with E-state index in [0.29, 0.717) is 116 Å². The number of likely N-dealkylation sites (tertiary alicyclic amines) is 1. The molecule has 342 valence electrons. The monoisotopic (exact) mass is 863 g/mol. The van der Waals surface area contributed by atoms with Crippen LogP contribution >= 0.6 is 0 Å². The van der Waals surface area contributed by atoms with Crippen molar-refractivity contribution < 1.29 is 62.2 Å². The average molecular weight is 864 g/mol. The summed E-state index contributed by atoms with van der Waals surface area (Å²) in [5, 5.41) is 26.6. The Kier molecular flexibility index (Phi) is 26.1. The summed E-state index contributed by atoms with van der Waals surface area (Å²) in [4.78, 5) is 61.1. The summed E-state index contributed by atoms with van der Waals surface area (Å²) in [6.07, 6.45) is 5.22. The van der Waals surface area contributed by atoms with Gasteiger partial charge in [0.15, 0.2) is 0 Å². The Morgan fingerprint density at radius 1 is 0.754 bits per heavy atom. The Morgan fingerprint density at radius 3 is 2.03 bits per heavy atom. The number of benzene rings is 1. The van der Waals surface area contributed by atoms with Crippen molar-refractivity contribution in [3.05, 3.63) is 41.7 Å². The van der Waals surface area contributed by atoms with Gasteiger partial charge in [-0.05, 0) is 37.0 Å². The number of aliphatic hydroxyl groups is 1. The second-order valence-electron chi connectivity index (χ2n) is 14.1. The number of ether oxygens (including phenoxy) is 7. The van der Waals surface area contributed by atoms with E-state index in [4.69, 9.17) is 33.2 Å². The molecule has 1 saturated heterocycles. The first kappa shape index (κ1) is 50.8. The predicted octanol–water partition coefficient (Wildman–Crippen LogP) is 1.34. The number of carbonyl (C=O) groups excluding carboxylic acids is 5. The maximum absolute atomic E-state index is 12.2. The molecule has 0 radical (unpaired) electrons. The smallest absolute Gasteiger partial charge is 0.305 e. The molecular formula is C41H65N7O13. The van der Waals surface area contributed by atoms with Crippen LogP contribution in [0.3, 0.4) is 0 Å². The van der Waals surface area contributed by atoms with Gasteiger partial charge in [-0.1, -0.05) is 37.6 Å². The maximum Gasteiger partial charge on any atom is 0.305 e. The van der Waals surface area contributed by atoms with Crippen molar-refractivity contribution in [3.8, 4) is 0 Å². The predicted molar refractivity (Wildman–Crippen MR) is 220 cm³/mol. The highest BCUT2D eigenvalue weighted by molar-refractivity contribution is 5.91. The molecule has 1 aliphatic rings. The summed E-state index contributed by atoms with van der Waals surface area (Å²) in [6.45, 7) is 8.90. The third-order valence-electron chi connectivity index (χ3n) is 9.29. The molecule has 3 rings (SSSR count). The molecule has 61 heavy (non-hydrogen) atoms. The zero-order chi connectivity index (χ0) is 43.9. The number of unbranched alkanes of at least 4 members (excludes halogenated alkanes) is 2. The van der Waals surface area contributed by atoms with E-state index in [2.05, 4.69) is 26.3 Å². The first-order valence-electron chi connectivity index (χ1n) is 21.1. The molecule has 0 saturated carbocycles. The molecule has 0 spiro atoms. The summed E-state index contributed by atoms with van der Waals surface area (Å²) in [7, 11) is 0. The Hall–Kier alpha value is -4.57. The number of carbonyl (C=O) groups is 5. The molecule has 2 heterocycles. The lowest BCUT2D eigenvalue weighted by Gasteiger charge is -2.22. The standard InChI is InChI=1S/C41H65N7O13/c1-3-33-26-39(52)48(41(33)54)14-7-5-6-8-36(49)43-27-35-28-47(46-45-35)15-17-56-19-21-58-23-25-59-24-22-57-20-18-55-16-13-42-37(50)30-60-31-38(51)44-34-11-9-32(10-12-34)29-61-40(53)4-2/h9-12,28,33,41,54H,3-8,13-27,29-31H2,1-2H3,(H,42,50)(H,43,49)(H,44,51). The highest BCUT2D eigenvalue weighted by Crippen LogP contribution is 2.26. The van der Waals surface area contributed by atoms with Crippen molar-refractivity contribution in [2.45, 2.75) is 84.7 Å². The number of hydrogen-bond acceptors (Lipinski definition) is 15. The maximum atomic E-state index is 12.2. The van der Waals surface area contributed by atoms with E-state index < -0.39 is 12.1 Å². The first-order chi connectivity index (χ1) is 29.7. The van der Waals surface area contributed by atoms with Gasteiger partial charge in [0.25, 0.3) is 0 Å². The van der Waals surface area contributed by atoms with Crippen LogP contribution in [0.4, 0.5) is 5.69 Å². The van der Waals surface area contributed by atoms with Gasteiger partial charge in [0.1, 0.15) is 31.7 Å². The number of aliphatic hydroxyl groups excluding tert-OH is 1. The van der Waals surface area contributed by atoms with Gasteiger partial charge in [-0.3, -0.25) is 24.0 Å². The van der Waals surface area contributed by atoms with E-state index in [1.54, 1.807) is 47.0 Å². The molecule has 1 fully saturated rings. The Morgan fingerprint density at radius 2 is 1.39 bits per heavy atom. The number of esters is 1. The minimum absolute atomic E-state index is 0.00734. The fraction of sp³-hybridized carbons (Fsp3) is 0.683. The average Bonchev–Trinajstić information content (AvgIpc) is 3.83. The zero-order valence-electron chi connectivity index (χ0n) is 35.6. The fourth-order valence-electron chi connectivity index (χ4n) is 5.85. The largest absolute Gasteiger partial charge is 0.461 e. The lowest BCUT2D eigenvalue weighted by Crippen LogP contribution is -2.35. The Labute approximate surface area is 357 Å². The number of nitrogens with zero attached hydrogens (tertiary/aromatic N) is 4. The second-order valence-corrected chi connectivity index (χ2v) is 14.1. The van der Waals surface area contributed by atoms with Gasteiger partial charge in [-0.25, -0.2) is 4.68 Å². The van der Waals surface area contributed by atoms with Crippen molar-refractivity contribution in [1.29, 1.82) is 0 Å². The third kappa shape index (κ3) is 22.7. The lowest BCUT2D eigenvalue weighted by molar-refractivity contribution is -0.144. The van der Waals surface area contributed by atoms with E-state index in [0.717, 1.165) is 24.8 Å². The van der Waals surface area contributed by atoms with Gasteiger partial charge >= 0.3 is 5.97 Å². The summed E-state index contributed by atoms with van der Waals surface area (Å²) >= 11 is 0. The summed E-state index contributed by atoms with van der Waals surface area (Å²) in [5.41, 5.74) is 2.01. The van der Waals surface area contributed by atoms with Gasteiger partial charge in [-0.2, -0.15) is 0 Å².